The highest BCUT2D eigenvalue weighted by atomic mass is 19.4. The van der Waals surface area contributed by atoms with Crippen LogP contribution in [0.3, 0.4) is 0 Å². The summed E-state index contributed by atoms with van der Waals surface area (Å²) >= 11 is 0. The van der Waals surface area contributed by atoms with Crippen LogP contribution in [0.1, 0.15) is 5.56 Å². The molecule has 0 fully saturated rings. The van der Waals surface area contributed by atoms with Crippen molar-refractivity contribution in [2.45, 2.75) is 6.18 Å². The number of ether oxygens (including phenoxy) is 1. The predicted molar refractivity (Wildman–Crippen MR) is 66.8 cm³/mol. The molecule has 0 heterocycles. The first-order chi connectivity index (χ1) is 10.2. The number of esters is 1. The van der Waals surface area contributed by atoms with Crippen molar-refractivity contribution in [2.75, 3.05) is 12.5 Å². The number of rotatable bonds is 4. The number of benzene rings is 1. The third-order valence-electron chi connectivity index (χ3n) is 2.29. The number of hydrogen-bond acceptors (Lipinski definition) is 7. The lowest BCUT2D eigenvalue weighted by atomic mass is 10.1. The van der Waals surface area contributed by atoms with Gasteiger partial charge in [-0.15, -0.1) is 0 Å². The van der Waals surface area contributed by atoms with Crippen molar-refractivity contribution in [3.8, 4) is 6.07 Å². The van der Waals surface area contributed by atoms with Crippen LogP contribution in [0.15, 0.2) is 23.3 Å². The van der Waals surface area contributed by atoms with Gasteiger partial charge in [-0.3, -0.25) is 15.5 Å². The Bertz CT molecular complexity index is 679. The normalized spacial score (nSPS) is 11.5. The van der Waals surface area contributed by atoms with Crippen molar-refractivity contribution in [3.63, 3.8) is 0 Å². The molecule has 1 rings (SSSR count). The number of halogens is 3. The zero-order valence-electron chi connectivity index (χ0n) is 10.8. The lowest BCUT2D eigenvalue weighted by Crippen LogP contribution is -2.15. The molecule has 0 spiro atoms. The standard InChI is InChI=1S/C11H7F3N4O4/c1-22-10(19)8(5-15)17-16-7-3-2-6(11(12,13)14)4-9(7)18(20)21/h2-4,16H,1H3/b17-8-. The fourth-order valence-corrected chi connectivity index (χ4v) is 1.28. The molecule has 1 aromatic rings. The molecule has 116 valence electrons. The minimum atomic E-state index is -4.75. The van der Waals surface area contributed by atoms with Gasteiger partial charge in [0, 0.05) is 6.07 Å². The van der Waals surface area contributed by atoms with E-state index in [2.05, 4.69) is 9.84 Å². The highest BCUT2D eigenvalue weighted by Gasteiger charge is 2.33. The smallest absolute Gasteiger partial charge is 0.416 e. The van der Waals surface area contributed by atoms with Crippen molar-refractivity contribution < 1.29 is 27.6 Å². The average molecular weight is 316 g/mol. The monoisotopic (exact) mass is 316 g/mol. The van der Waals surface area contributed by atoms with Gasteiger partial charge in [-0.25, -0.2) is 4.79 Å². The molecule has 22 heavy (non-hydrogen) atoms. The Kier molecular flexibility index (Phi) is 5.01. The van der Waals surface area contributed by atoms with Crippen LogP contribution in [0.5, 0.6) is 0 Å². The molecule has 0 aromatic heterocycles. The number of nitriles is 1. The zero-order valence-corrected chi connectivity index (χ0v) is 10.8. The van der Waals surface area contributed by atoms with Gasteiger partial charge in [0.1, 0.15) is 11.8 Å². The number of hydrazone groups is 1. The maximum atomic E-state index is 12.5. The third-order valence-corrected chi connectivity index (χ3v) is 2.29. The van der Waals surface area contributed by atoms with E-state index in [1.54, 1.807) is 0 Å². The van der Waals surface area contributed by atoms with E-state index in [4.69, 9.17) is 5.26 Å². The summed E-state index contributed by atoms with van der Waals surface area (Å²) < 4.78 is 41.7. The van der Waals surface area contributed by atoms with Gasteiger partial charge in [0.2, 0.25) is 5.71 Å². The number of methoxy groups -OCH3 is 1. The van der Waals surface area contributed by atoms with Gasteiger partial charge in [-0.2, -0.15) is 23.5 Å². The van der Waals surface area contributed by atoms with E-state index in [-0.39, 0.29) is 0 Å². The quantitative estimate of drug-likeness (QED) is 0.393. The Labute approximate surface area is 120 Å². The highest BCUT2D eigenvalue weighted by molar-refractivity contribution is 6.43. The fourth-order valence-electron chi connectivity index (χ4n) is 1.28. The summed E-state index contributed by atoms with van der Waals surface area (Å²) in [4.78, 5) is 20.8. The number of hydrogen-bond donors (Lipinski definition) is 1. The maximum absolute atomic E-state index is 12.5. The van der Waals surface area contributed by atoms with Crippen LogP contribution in [-0.2, 0) is 15.7 Å². The maximum Gasteiger partial charge on any atom is 0.416 e. The molecule has 0 unspecified atom stereocenters. The summed E-state index contributed by atoms with van der Waals surface area (Å²) in [5, 5.41) is 22.7. The van der Waals surface area contributed by atoms with Gasteiger partial charge in [0.25, 0.3) is 5.69 Å². The first-order valence-electron chi connectivity index (χ1n) is 5.38. The minimum absolute atomic E-state index is 0.308. The van der Waals surface area contributed by atoms with Gasteiger partial charge >= 0.3 is 12.1 Å². The van der Waals surface area contributed by atoms with Gasteiger partial charge in [0.05, 0.1) is 17.6 Å². The number of nitro benzene ring substituents is 1. The number of nitrogens with one attached hydrogen (secondary N) is 1. The van der Waals surface area contributed by atoms with Gasteiger partial charge in [-0.1, -0.05) is 0 Å². The Morgan fingerprint density at radius 2 is 2.14 bits per heavy atom. The highest BCUT2D eigenvalue weighted by Crippen LogP contribution is 2.34. The summed E-state index contributed by atoms with van der Waals surface area (Å²) in [6, 6.07) is 3.03. The van der Waals surface area contributed by atoms with Crippen molar-refractivity contribution >= 4 is 23.1 Å². The summed E-state index contributed by atoms with van der Waals surface area (Å²) in [6.45, 7) is 0. The molecule has 0 amide bonds. The van der Waals surface area contributed by atoms with Crippen molar-refractivity contribution in [3.05, 3.63) is 33.9 Å². The van der Waals surface area contributed by atoms with E-state index in [1.807, 2.05) is 5.43 Å². The Hall–Kier alpha value is -3.16. The minimum Gasteiger partial charge on any atom is -0.464 e. The summed E-state index contributed by atoms with van der Waals surface area (Å²) in [6.07, 6.45) is -4.75. The third kappa shape index (κ3) is 3.92. The molecule has 0 saturated heterocycles. The van der Waals surface area contributed by atoms with Crippen LogP contribution in [-0.4, -0.2) is 23.7 Å². The lowest BCUT2D eigenvalue weighted by molar-refractivity contribution is -0.384. The first kappa shape index (κ1) is 16.9. The zero-order chi connectivity index (χ0) is 16.9. The van der Waals surface area contributed by atoms with Crippen LogP contribution in [0.2, 0.25) is 0 Å². The molecule has 1 aromatic carbocycles. The van der Waals surface area contributed by atoms with Crippen LogP contribution < -0.4 is 5.43 Å². The molecule has 8 nitrogen and oxygen atoms in total. The van der Waals surface area contributed by atoms with Crippen LogP contribution in [0.25, 0.3) is 0 Å². The fraction of sp³-hybridized carbons (Fsp3) is 0.182. The molecule has 0 radical (unpaired) electrons. The molecular weight excluding hydrogens is 309 g/mol. The second-order valence-electron chi connectivity index (χ2n) is 3.66. The van der Waals surface area contributed by atoms with Gasteiger partial charge < -0.3 is 4.74 Å². The molecular formula is C11H7F3N4O4. The number of nitrogens with zero attached hydrogens (tertiary/aromatic N) is 3. The molecule has 0 saturated carbocycles. The second-order valence-corrected chi connectivity index (χ2v) is 3.66. The second kappa shape index (κ2) is 6.53. The van der Waals surface area contributed by atoms with Gasteiger partial charge in [0.15, 0.2) is 0 Å². The number of nitro groups is 1. The van der Waals surface area contributed by atoms with E-state index in [0.717, 1.165) is 13.2 Å². The molecule has 0 atom stereocenters. The van der Waals surface area contributed by atoms with Crippen molar-refractivity contribution in [1.82, 2.24) is 0 Å². The van der Waals surface area contributed by atoms with E-state index < -0.39 is 39.7 Å². The first-order valence-corrected chi connectivity index (χ1v) is 5.38. The van der Waals surface area contributed by atoms with E-state index in [9.17, 15) is 28.1 Å². The van der Waals surface area contributed by atoms with Crippen LogP contribution >= 0.6 is 0 Å². The predicted octanol–water partition coefficient (Wildman–Crippen LogP) is 2.08. The van der Waals surface area contributed by atoms with Crippen molar-refractivity contribution in [2.24, 2.45) is 5.10 Å². The van der Waals surface area contributed by atoms with Crippen LogP contribution in [0, 0.1) is 21.4 Å². The Morgan fingerprint density at radius 3 is 2.59 bits per heavy atom. The largest absolute Gasteiger partial charge is 0.464 e. The van der Waals surface area contributed by atoms with E-state index >= 15 is 0 Å². The summed E-state index contributed by atoms with van der Waals surface area (Å²) in [5.41, 5.74) is -1.32. The lowest BCUT2D eigenvalue weighted by Gasteiger charge is -2.08. The van der Waals surface area contributed by atoms with E-state index in [1.165, 1.54) is 6.07 Å². The Morgan fingerprint density at radius 1 is 1.50 bits per heavy atom. The molecule has 0 bridgehead atoms. The van der Waals surface area contributed by atoms with Crippen molar-refractivity contribution in [1.29, 1.82) is 5.26 Å². The topological polar surface area (TPSA) is 118 Å². The molecule has 11 heteroatoms. The van der Waals surface area contributed by atoms with E-state index in [0.29, 0.717) is 12.1 Å². The number of alkyl halides is 3. The molecule has 1 N–H and O–H groups in total. The summed E-state index contributed by atoms with van der Waals surface area (Å²) in [7, 11) is 0.982. The average Bonchev–Trinajstić information content (AvgIpc) is 2.46. The SMILES string of the molecule is COC(=O)/C(C#N)=N\Nc1ccc(C(F)(F)F)cc1[N+](=O)[O-]. The number of carbonyl (C=O) groups excluding carboxylic acids is 1. The number of anilines is 1. The molecule has 0 aliphatic carbocycles. The molecule has 0 aliphatic rings. The summed E-state index contributed by atoms with van der Waals surface area (Å²) in [5.74, 6) is -1.11. The van der Waals surface area contributed by atoms with Crippen LogP contribution in [0.4, 0.5) is 24.5 Å². The Balaban J connectivity index is 3.21. The number of carbonyl (C=O) groups is 1. The van der Waals surface area contributed by atoms with Gasteiger partial charge in [-0.05, 0) is 12.1 Å². The molecule has 0 aliphatic heterocycles.